The molecule has 0 saturated carbocycles. The smallest absolute Gasteiger partial charge is 0.147 e. The fourth-order valence-corrected chi connectivity index (χ4v) is 4.44. The quantitative estimate of drug-likeness (QED) is 0.725. The van der Waals surface area contributed by atoms with E-state index in [1.807, 2.05) is 0 Å². The van der Waals surface area contributed by atoms with Crippen molar-refractivity contribution >= 4 is 22.7 Å². The van der Waals surface area contributed by atoms with Gasteiger partial charge in [0.1, 0.15) is 16.7 Å². The van der Waals surface area contributed by atoms with Gasteiger partial charge in [-0.15, -0.1) is 21.5 Å². The molecule has 0 atom stereocenters. The highest BCUT2D eigenvalue weighted by Gasteiger charge is 2.22. The predicted molar refractivity (Wildman–Crippen MR) is 93.7 cm³/mol. The van der Waals surface area contributed by atoms with E-state index in [9.17, 15) is 0 Å². The Morgan fingerprint density at radius 3 is 2.91 bits per heavy atom. The third kappa shape index (κ3) is 2.96. The van der Waals surface area contributed by atoms with Gasteiger partial charge in [0, 0.05) is 41.9 Å². The summed E-state index contributed by atoms with van der Waals surface area (Å²) >= 11 is 3.44. The summed E-state index contributed by atoms with van der Waals surface area (Å²) in [5.74, 6) is 2.61. The van der Waals surface area contributed by atoms with E-state index < -0.39 is 0 Å². The monoisotopic (exact) mass is 345 g/mol. The van der Waals surface area contributed by atoms with E-state index in [1.54, 1.807) is 22.7 Å². The van der Waals surface area contributed by atoms with Crippen LogP contribution in [0.5, 0.6) is 0 Å². The van der Waals surface area contributed by atoms with Gasteiger partial charge < -0.3 is 4.57 Å². The lowest BCUT2D eigenvalue weighted by Gasteiger charge is -2.27. The highest BCUT2D eigenvalue weighted by molar-refractivity contribution is 7.14. The predicted octanol–water partition coefficient (Wildman–Crippen LogP) is 3.60. The number of hydrogen-bond donors (Lipinski definition) is 0. The van der Waals surface area contributed by atoms with E-state index in [1.165, 1.54) is 5.56 Å². The van der Waals surface area contributed by atoms with Crippen molar-refractivity contribution in [2.24, 2.45) is 0 Å². The molecule has 4 rings (SSSR count). The van der Waals surface area contributed by atoms with Crippen molar-refractivity contribution in [3.63, 3.8) is 0 Å². The molecule has 7 heteroatoms. The second-order valence-electron chi connectivity index (χ2n) is 6.15. The SMILES string of the molecule is CC(C)c1nnc2n1CCN(Cc1csc(-c3ccsc3)n1)C2. The first-order valence-electron chi connectivity index (χ1n) is 7.82. The van der Waals surface area contributed by atoms with Gasteiger partial charge in [0.15, 0.2) is 0 Å². The molecule has 4 heterocycles. The Bertz CT molecular complexity index is 787. The molecule has 120 valence electrons. The number of rotatable bonds is 4. The van der Waals surface area contributed by atoms with Crippen LogP contribution in [-0.2, 0) is 19.6 Å². The van der Waals surface area contributed by atoms with Crippen molar-refractivity contribution in [2.45, 2.75) is 39.4 Å². The molecule has 1 aliphatic heterocycles. The van der Waals surface area contributed by atoms with E-state index in [2.05, 4.69) is 55.7 Å². The molecule has 1 aliphatic rings. The molecular formula is C16H19N5S2. The Hall–Kier alpha value is -1.57. The highest BCUT2D eigenvalue weighted by atomic mass is 32.1. The lowest BCUT2D eigenvalue weighted by Crippen LogP contribution is -2.34. The van der Waals surface area contributed by atoms with Gasteiger partial charge in [0.05, 0.1) is 12.2 Å². The minimum atomic E-state index is 0.425. The van der Waals surface area contributed by atoms with Crippen molar-refractivity contribution in [1.29, 1.82) is 0 Å². The minimum Gasteiger partial charge on any atom is -0.312 e. The maximum atomic E-state index is 4.78. The maximum Gasteiger partial charge on any atom is 0.147 e. The molecule has 0 unspecified atom stereocenters. The lowest BCUT2D eigenvalue weighted by atomic mass is 10.2. The van der Waals surface area contributed by atoms with Crippen LogP contribution in [0.15, 0.2) is 22.2 Å². The van der Waals surface area contributed by atoms with Crippen LogP contribution in [0.3, 0.4) is 0 Å². The highest BCUT2D eigenvalue weighted by Crippen LogP contribution is 2.27. The van der Waals surface area contributed by atoms with Crippen LogP contribution in [0.1, 0.15) is 37.1 Å². The number of thiazole rings is 1. The van der Waals surface area contributed by atoms with Gasteiger partial charge in [-0.1, -0.05) is 13.8 Å². The third-order valence-electron chi connectivity index (χ3n) is 4.08. The van der Waals surface area contributed by atoms with E-state index in [4.69, 9.17) is 4.98 Å². The molecule has 0 bridgehead atoms. The zero-order valence-corrected chi connectivity index (χ0v) is 14.9. The van der Waals surface area contributed by atoms with Crippen molar-refractivity contribution in [2.75, 3.05) is 6.54 Å². The Balaban J connectivity index is 1.46. The lowest BCUT2D eigenvalue weighted by molar-refractivity contribution is 0.205. The van der Waals surface area contributed by atoms with Gasteiger partial charge in [-0.05, 0) is 11.4 Å². The summed E-state index contributed by atoms with van der Waals surface area (Å²) in [6, 6.07) is 2.13. The van der Waals surface area contributed by atoms with Crippen LogP contribution >= 0.6 is 22.7 Å². The average Bonchev–Trinajstić information content (AvgIpc) is 3.27. The van der Waals surface area contributed by atoms with Crippen LogP contribution in [0.2, 0.25) is 0 Å². The molecule has 5 nitrogen and oxygen atoms in total. The zero-order chi connectivity index (χ0) is 15.8. The van der Waals surface area contributed by atoms with Gasteiger partial charge >= 0.3 is 0 Å². The first-order valence-corrected chi connectivity index (χ1v) is 9.64. The summed E-state index contributed by atoms with van der Waals surface area (Å²) < 4.78 is 2.28. The van der Waals surface area contributed by atoms with Crippen LogP contribution in [-0.4, -0.2) is 31.2 Å². The second kappa shape index (κ2) is 6.14. The van der Waals surface area contributed by atoms with Gasteiger partial charge in [-0.2, -0.15) is 11.3 Å². The summed E-state index contributed by atoms with van der Waals surface area (Å²) in [6.45, 7) is 8.07. The summed E-state index contributed by atoms with van der Waals surface area (Å²) in [4.78, 5) is 7.18. The molecule has 3 aromatic heterocycles. The fraction of sp³-hybridized carbons (Fsp3) is 0.438. The van der Waals surface area contributed by atoms with Gasteiger partial charge in [-0.25, -0.2) is 4.98 Å². The second-order valence-corrected chi connectivity index (χ2v) is 7.79. The Kier molecular flexibility index (Phi) is 4.00. The number of thiophene rings is 1. The van der Waals surface area contributed by atoms with E-state index in [0.717, 1.165) is 48.5 Å². The van der Waals surface area contributed by atoms with Crippen molar-refractivity contribution in [3.8, 4) is 10.6 Å². The van der Waals surface area contributed by atoms with E-state index in [0.29, 0.717) is 5.92 Å². The molecule has 0 spiro atoms. The van der Waals surface area contributed by atoms with Crippen LogP contribution in [0.25, 0.3) is 10.6 Å². The number of fused-ring (bicyclic) bond motifs is 1. The zero-order valence-electron chi connectivity index (χ0n) is 13.3. The Labute approximate surface area is 143 Å². The summed E-state index contributed by atoms with van der Waals surface area (Å²) in [6.07, 6.45) is 0. The summed E-state index contributed by atoms with van der Waals surface area (Å²) in [7, 11) is 0. The molecule has 23 heavy (non-hydrogen) atoms. The molecule has 0 fully saturated rings. The van der Waals surface area contributed by atoms with Gasteiger partial charge in [-0.3, -0.25) is 4.90 Å². The molecule has 0 amide bonds. The van der Waals surface area contributed by atoms with Crippen molar-refractivity contribution < 1.29 is 0 Å². The van der Waals surface area contributed by atoms with E-state index >= 15 is 0 Å². The van der Waals surface area contributed by atoms with Gasteiger partial charge in [0.2, 0.25) is 0 Å². The minimum absolute atomic E-state index is 0.425. The average molecular weight is 345 g/mol. The van der Waals surface area contributed by atoms with Crippen molar-refractivity contribution in [1.82, 2.24) is 24.6 Å². The molecule has 0 aliphatic carbocycles. The molecule has 0 N–H and O–H groups in total. The number of hydrogen-bond acceptors (Lipinski definition) is 6. The normalized spacial score (nSPS) is 15.3. The van der Waals surface area contributed by atoms with Crippen LogP contribution in [0, 0.1) is 0 Å². The molecule has 0 radical (unpaired) electrons. The Morgan fingerprint density at radius 2 is 2.13 bits per heavy atom. The first kappa shape index (κ1) is 15.0. The first-order chi connectivity index (χ1) is 11.2. The standard InChI is InChI=1S/C16H19N5S2/c1-11(2)15-19-18-14-8-20(4-5-21(14)15)7-13-10-23-16(17-13)12-3-6-22-9-12/h3,6,9-11H,4-5,7-8H2,1-2H3. The topological polar surface area (TPSA) is 46.8 Å². The Morgan fingerprint density at radius 1 is 1.22 bits per heavy atom. The molecule has 0 aromatic carbocycles. The fourth-order valence-electron chi connectivity index (χ4n) is 2.92. The maximum absolute atomic E-state index is 4.78. The molecular weight excluding hydrogens is 326 g/mol. The number of aromatic nitrogens is 4. The van der Waals surface area contributed by atoms with Crippen LogP contribution in [0.4, 0.5) is 0 Å². The van der Waals surface area contributed by atoms with E-state index in [-0.39, 0.29) is 0 Å². The largest absolute Gasteiger partial charge is 0.312 e. The van der Waals surface area contributed by atoms with Crippen LogP contribution < -0.4 is 0 Å². The molecule has 0 saturated heterocycles. The van der Waals surface area contributed by atoms with Gasteiger partial charge in [0.25, 0.3) is 0 Å². The third-order valence-corrected chi connectivity index (χ3v) is 5.71. The number of nitrogens with zero attached hydrogens (tertiary/aromatic N) is 5. The summed E-state index contributed by atoms with van der Waals surface area (Å²) in [5, 5.41) is 16.3. The van der Waals surface area contributed by atoms with Crippen molar-refractivity contribution in [3.05, 3.63) is 39.5 Å². The molecule has 3 aromatic rings. The summed E-state index contributed by atoms with van der Waals surface area (Å²) in [5.41, 5.74) is 2.37.